The van der Waals surface area contributed by atoms with E-state index in [0.29, 0.717) is 5.56 Å². The van der Waals surface area contributed by atoms with Gasteiger partial charge in [-0.1, -0.05) is 12.1 Å². The highest BCUT2D eigenvalue weighted by atomic mass is 19.4. The van der Waals surface area contributed by atoms with Crippen LogP contribution in [0.15, 0.2) is 36.5 Å². The number of aryl methyl sites for hydroxylation is 1. The molecule has 1 aliphatic carbocycles. The minimum Gasteiger partial charge on any atom is -0.496 e. The van der Waals surface area contributed by atoms with Crippen LogP contribution in [0.5, 0.6) is 11.6 Å². The van der Waals surface area contributed by atoms with Gasteiger partial charge in [-0.3, -0.25) is 0 Å². The first-order chi connectivity index (χ1) is 13.8. The molecule has 29 heavy (non-hydrogen) atoms. The Morgan fingerprint density at radius 3 is 2.69 bits per heavy atom. The predicted molar refractivity (Wildman–Crippen MR) is 102 cm³/mol. The number of urea groups is 1. The molecule has 1 aromatic carbocycles. The van der Waals surface area contributed by atoms with Gasteiger partial charge in [0.1, 0.15) is 5.75 Å². The van der Waals surface area contributed by atoms with Gasteiger partial charge in [-0.15, -0.1) is 0 Å². The Kier molecular flexibility index (Phi) is 8.11. The quantitative estimate of drug-likeness (QED) is 0.784. The lowest BCUT2D eigenvalue weighted by atomic mass is 9.91. The number of aromatic nitrogens is 1. The van der Waals surface area contributed by atoms with E-state index >= 15 is 0 Å². The van der Waals surface area contributed by atoms with Crippen molar-refractivity contribution in [2.45, 2.75) is 38.4 Å². The molecule has 6 nitrogen and oxygen atoms in total. The van der Waals surface area contributed by atoms with E-state index in [1.54, 1.807) is 7.11 Å². The minimum atomic E-state index is -4.41. The van der Waals surface area contributed by atoms with Gasteiger partial charge in [0.25, 0.3) is 0 Å². The molecule has 158 valence electrons. The second-order valence-corrected chi connectivity index (χ2v) is 6.43. The number of benzene rings is 1. The van der Waals surface area contributed by atoms with Crippen LogP contribution in [-0.2, 0) is 19.4 Å². The number of amides is 2. The van der Waals surface area contributed by atoms with Crippen LogP contribution in [0.3, 0.4) is 0 Å². The largest absolute Gasteiger partial charge is 0.496 e. The Hall–Kier alpha value is -2.97. The Labute approximate surface area is 167 Å². The highest BCUT2D eigenvalue weighted by Crippen LogP contribution is 2.28. The van der Waals surface area contributed by atoms with Crippen LogP contribution in [0.1, 0.15) is 29.5 Å². The van der Waals surface area contributed by atoms with Gasteiger partial charge >= 0.3 is 12.2 Å². The zero-order valence-corrected chi connectivity index (χ0v) is 16.1. The molecule has 1 aromatic heterocycles. The number of primary amides is 1. The Morgan fingerprint density at radius 1 is 1.24 bits per heavy atom. The van der Waals surface area contributed by atoms with E-state index in [4.69, 9.17) is 10.5 Å². The number of fused-ring (bicyclic) bond motifs is 1. The van der Waals surface area contributed by atoms with Gasteiger partial charge in [0.15, 0.2) is 6.61 Å². The number of methoxy groups -OCH3 is 1. The summed E-state index contributed by atoms with van der Waals surface area (Å²) in [5.41, 5.74) is 8.31. The third-order valence-corrected chi connectivity index (χ3v) is 4.22. The highest BCUT2D eigenvalue weighted by molar-refractivity contribution is 5.71. The van der Waals surface area contributed by atoms with Crippen molar-refractivity contribution in [1.29, 1.82) is 0 Å². The van der Waals surface area contributed by atoms with Crippen molar-refractivity contribution in [2.75, 3.05) is 13.7 Å². The summed E-state index contributed by atoms with van der Waals surface area (Å²) >= 11 is 0. The maximum atomic E-state index is 11.9. The van der Waals surface area contributed by atoms with E-state index in [0.717, 1.165) is 5.75 Å². The third kappa shape index (κ3) is 7.89. The van der Waals surface area contributed by atoms with E-state index in [1.165, 1.54) is 55.1 Å². The predicted octanol–water partition coefficient (Wildman–Crippen LogP) is 3.77. The molecule has 2 amide bonds. The summed E-state index contributed by atoms with van der Waals surface area (Å²) in [5, 5.41) is 2.29. The molecule has 3 rings (SSSR count). The van der Waals surface area contributed by atoms with Crippen molar-refractivity contribution in [3.05, 3.63) is 53.2 Å². The number of hydrogen-bond acceptors (Lipinski definition) is 4. The molecular formula is C20H24F3N3O3. The summed E-state index contributed by atoms with van der Waals surface area (Å²) in [7, 11) is 1.75. The average Bonchev–Trinajstić information content (AvgIpc) is 2.70. The summed E-state index contributed by atoms with van der Waals surface area (Å²) in [6, 6.07) is 8.46. The standard InChI is InChI=1S/C11H14O.C9H10F3N3O2/c1-12-11-8-4-6-9-5-2-3-7-10(9)11;10-9(11,12)5-17-7-3-6(1-2-14-7)4-15-8(13)16/h4,6,8H,2-3,5,7H2,1H3;1-3H,4-5H2,(H3,13,15,16). The van der Waals surface area contributed by atoms with Gasteiger partial charge in [0, 0.05) is 18.8 Å². The molecule has 0 radical (unpaired) electrons. The minimum absolute atomic E-state index is 0.0975. The first-order valence-corrected chi connectivity index (χ1v) is 9.11. The topological polar surface area (TPSA) is 86.5 Å². The van der Waals surface area contributed by atoms with E-state index in [2.05, 4.69) is 33.2 Å². The van der Waals surface area contributed by atoms with Crippen molar-refractivity contribution >= 4 is 6.03 Å². The summed E-state index contributed by atoms with van der Waals surface area (Å²) in [5.74, 6) is 0.915. The maximum absolute atomic E-state index is 11.9. The molecule has 0 aliphatic heterocycles. The van der Waals surface area contributed by atoms with E-state index in [9.17, 15) is 18.0 Å². The van der Waals surface area contributed by atoms with Crippen molar-refractivity contribution in [3.63, 3.8) is 0 Å². The molecule has 0 atom stereocenters. The van der Waals surface area contributed by atoms with Crippen LogP contribution >= 0.6 is 0 Å². The van der Waals surface area contributed by atoms with Crippen molar-refractivity contribution in [2.24, 2.45) is 5.73 Å². The summed E-state index contributed by atoms with van der Waals surface area (Å²) in [4.78, 5) is 14.0. The smallest absolute Gasteiger partial charge is 0.422 e. The number of pyridine rings is 1. The molecular weight excluding hydrogens is 387 g/mol. The number of nitrogens with zero attached hydrogens (tertiary/aromatic N) is 1. The number of halogens is 3. The number of alkyl halides is 3. The molecule has 9 heteroatoms. The van der Waals surface area contributed by atoms with Gasteiger partial charge in [-0.05, 0) is 54.5 Å². The zero-order chi connectivity index (χ0) is 21.3. The molecule has 0 saturated carbocycles. The van der Waals surface area contributed by atoms with Crippen LogP contribution in [0.2, 0.25) is 0 Å². The van der Waals surface area contributed by atoms with Crippen LogP contribution in [-0.4, -0.2) is 30.9 Å². The fourth-order valence-electron chi connectivity index (χ4n) is 2.92. The zero-order valence-electron chi connectivity index (χ0n) is 16.1. The normalized spacial score (nSPS) is 12.8. The van der Waals surface area contributed by atoms with Gasteiger partial charge in [-0.25, -0.2) is 9.78 Å². The van der Waals surface area contributed by atoms with Crippen LogP contribution in [0, 0.1) is 0 Å². The summed E-state index contributed by atoms with van der Waals surface area (Å²) in [6.07, 6.45) is 1.94. The maximum Gasteiger partial charge on any atom is 0.422 e. The monoisotopic (exact) mass is 411 g/mol. The number of ether oxygens (including phenoxy) is 2. The lowest BCUT2D eigenvalue weighted by Crippen LogP contribution is -2.28. The lowest BCUT2D eigenvalue weighted by Gasteiger charge is -2.17. The summed E-state index contributed by atoms with van der Waals surface area (Å²) in [6.45, 7) is -1.31. The van der Waals surface area contributed by atoms with Crippen molar-refractivity contribution in [1.82, 2.24) is 10.3 Å². The first kappa shape index (κ1) is 22.3. The van der Waals surface area contributed by atoms with Gasteiger partial charge < -0.3 is 20.5 Å². The van der Waals surface area contributed by atoms with E-state index < -0.39 is 18.8 Å². The Balaban J connectivity index is 0.000000218. The Bertz CT molecular complexity index is 799. The highest BCUT2D eigenvalue weighted by Gasteiger charge is 2.28. The average molecular weight is 411 g/mol. The third-order valence-electron chi connectivity index (χ3n) is 4.22. The van der Waals surface area contributed by atoms with E-state index in [1.807, 2.05) is 0 Å². The fourth-order valence-corrected chi connectivity index (χ4v) is 2.92. The van der Waals surface area contributed by atoms with E-state index in [-0.39, 0.29) is 12.4 Å². The number of hydrogen-bond donors (Lipinski definition) is 2. The second kappa shape index (κ2) is 10.5. The molecule has 2 aromatic rings. The van der Waals surface area contributed by atoms with Crippen LogP contribution < -0.4 is 20.5 Å². The van der Waals surface area contributed by atoms with Crippen molar-refractivity contribution < 1.29 is 27.4 Å². The summed E-state index contributed by atoms with van der Waals surface area (Å²) < 4.78 is 45.4. The molecule has 1 aliphatic rings. The Morgan fingerprint density at radius 2 is 2.00 bits per heavy atom. The van der Waals surface area contributed by atoms with Gasteiger partial charge in [0.05, 0.1) is 7.11 Å². The lowest BCUT2D eigenvalue weighted by molar-refractivity contribution is -0.154. The molecule has 1 heterocycles. The molecule has 0 fully saturated rings. The number of nitrogens with one attached hydrogen (secondary N) is 1. The number of rotatable bonds is 5. The van der Waals surface area contributed by atoms with Gasteiger partial charge in [0.2, 0.25) is 5.88 Å². The molecule has 0 spiro atoms. The molecule has 0 bridgehead atoms. The van der Waals surface area contributed by atoms with Gasteiger partial charge in [-0.2, -0.15) is 13.2 Å². The second-order valence-electron chi connectivity index (χ2n) is 6.43. The van der Waals surface area contributed by atoms with Crippen molar-refractivity contribution in [3.8, 4) is 11.6 Å². The SMILES string of the molecule is COc1cccc2c1CCCC2.NC(=O)NCc1ccnc(OCC(F)(F)F)c1. The number of carbonyl (C=O) groups excluding carboxylic acids is 1. The molecule has 0 saturated heterocycles. The molecule has 0 unspecified atom stereocenters. The number of nitrogens with two attached hydrogens (primary N) is 1. The van der Waals surface area contributed by atoms with Crippen LogP contribution in [0.4, 0.5) is 18.0 Å². The first-order valence-electron chi connectivity index (χ1n) is 9.11. The molecule has 3 N–H and O–H groups in total. The van der Waals surface area contributed by atoms with Crippen LogP contribution in [0.25, 0.3) is 0 Å². The number of carbonyl (C=O) groups is 1. The fraction of sp³-hybridized carbons (Fsp3) is 0.400.